The maximum atomic E-state index is 12.5. The third kappa shape index (κ3) is 5.39. The molecule has 0 aliphatic heterocycles. The SMILES string of the molecule is CC(C#N)(Cn1cc2c(Cl)cc(Cl)cc2n1)NC(=O)c1ccc(SC(F)(F)F)cc1. The first-order chi connectivity index (χ1) is 14.0. The lowest BCUT2D eigenvalue weighted by Gasteiger charge is -2.23. The van der Waals surface area contributed by atoms with Gasteiger partial charge < -0.3 is 5.32 Å². The number of fused-ring (bicyclic) bond motifs is 1. The summed E-state index contributed by atoms with van der Waals surface area (Å²) in [4.78, 5) is 12.5. The second kappa shape index (κ2) is 8.38. The third-order valence-electron chi connectivity index (χ3n) is 4.05. The molecule has 1 atom stereocenters. The van der Waals surface area contributed by atoms with Crippen LogP contribution in [0.15, 0.2) is 47.5 Å². The number of nitrogens with zero attached hydrogens (tertiary/aromatic N) is 3. The number of nitrogens with one attached hydrogen (secondary N) is 1. The molecule has 3 aromatic rings. The van der Waals surface area contributed by atoms with Gasteiger partial charge in [-0.3, -0.25) is 9.48 Å². The van der Waals surface area contributed by atoms with Gasteiger partial charge in [-0.15, -0.1) is 0 Å². The van der Waals surface area contributed by atoms with Crippen LogP contribution in [0.25, 0.3) is 10.9 Å². The van der Waals surface area contributed by atoms with Crippen LogP contribution < -0.4 is 5.32 Å². The molecule has 11 heteroatoms. The fourth-order valence-electron chi connectivity index (χ4n) is 2.74. The van der Waals surface area contributed by atoms with Crippen LogP contribution in [0.3, 0.4) is 0 Å². The molecule has 1 N–H and O–H groups in total. The van der Waals surface area contributed by atoms with Gasteiger partial charge in [-0.25, -0.2) is 0 Å². The van der Waals surface area contributed by atoms with Crippen molar-refractivity contribution in [2.75, 3.05) is 0 Å². The fraction of sp³-hybridized carbons (Fsp3) is 0.211. The van der Waals surface area contributed by atoms with E-state index in [4.69, 9.17) is 23.2 Å². The molecule has 1 unspecified atom stereocenters. The van der Waals surface area contributed by atoms with Gasteiger partial charge >= 0.3 is 5.51 Å². The van der Waals surface area contributed by atoms with Gasteiger partial charge in [0.15, 0.2) is 0 Å². The minimum Gasteiger partial charge on any atom is -0.332 e. The highest BCUT2D eigenvalue weighted by atomic mass is 35.5. The van der Waals surface area contributed by atoms with Crippen LogP contribution >= 0.6 is 35.0 Å². The van der Waals surface area contributed by atoms with E-state index in [0.717, 1.165) is 0 Å². The van der Waals surface area contributed by atoms with Crippen LogP contribution in [-0.4, -0.2) is 26.7 Å². The molecule has 5 nitrogen and oxygen atoms in total. The van der Waals surface area contributed by atoms with Crippen LogP contribution in [0.5, 0.6) is 0 Å². The van der Waals surface area contributed by atoms with E-state index in [1.807, 2.05) is 6.07 Å². The Morgan fingerprint density at radius 3 is 2.53 bits per heavy atom. The average Bonchev–Trinajstić information content (AvgIpc) is 3.03. The van der Waals surface area contributed by atoms with E-state index in [-0.39, 0.29) is 28.8 Å². The first-order valence-electron chi connectivity index (χ1n) is 8.40. The molecule has 0 aliphatic rings. The summed E-state index contributed by atoms with van der Waals surface area (Å²) in [5.74, 6) is -0.597. The van der Waals surface area contributed by atoms with Crippen molar-refractivity contribution in [1.29, 1.82) is 5.26 Å². The number of carbonyl (C=O) groups excluding carboxylic acids is 1. The van der Waals surface area contributed by atoms with Crippen molar-refractivity contribution in [2.24, 2.45) is 0 Å². The number of alkyl halides is 3. The zero-order valence-corrected chi connectivity index (χ0v) is 17.6. The molecular formula is C19H13Cl2F3N4OS. The lowest BCUT2D eigenvalue weighted by Crippen LogP contribution is -2.48. The monoisotopic (exact) mass is 472 g/mol. The molecule has 1 aromatic heterocycles. The van der Waals surface area contributed by atoms with Crippen molar-refractivity contribution >= 4 is 51.8 Å². The highest BCUT2D eigenvalue weighted by Crippen LogP contribution is 2.36. The summed E-state index contributed by atoms with van der Waals surface area (Å²) in [6.07, 6.45) is 1.64. The molecule has 156 valence electrons. The summed E-state index contributed by atoms with van der Waals surface area (Å²) in [7, 11) is 0. The molecule has 1 amide bonds. The lowest BCUT2D eigenvalue weighted by atomic mass is 10.0. The summed E-state index contributed by atoms with van der Waals surface area (Å²) in [6.45, 7) is 1.53. The number of amides is 1. The molecular weight excluding hydrogens is 460 g/mol. The minimum absolute atomic E-state index is 0.0138. The Labute approximate surface area is 183 Å². The first kappa shape index (κ1) is 22.3. The summed E-state index contributed by atoms with van der Waals surface area (Å²) in [6, 6.07) is 10.2. The molecule has 0 fully saturated rings. The Hall–Kier alpha value is -2.41. The molecule has 30 heavy (non-hydrogen) atoms. The highest BCUT2D eigenvalue weighted by molar-refractivity contribution is 8.00. The van der Waals surface area contributed by atoms with Crippen LogP contribution in [0.1, 0.15) is 17.3 Å². The van der Waals surface area contributed by atoms with E-state index in [1.54, 1.807) is 18.3 Å². The maximum Gasteiger partial charge on any atom is 0.446 e. The number of carbonyl (C=O) groups is 1. The zero-order valence-electron chi connectivity index (χ0n) is 15.3. The van der Waals surface area contributed by atoms with Gasteiger partial charge in [-0.2, -0.15) is 23.5 Å². The lowest BCUT2D eigenvalue weighted by molar-refractivity contribution is -0.0328. The van der Waals surface area contributed by atoms with E-state index < -0.39 is 17.0 Å². The van der Waals surface area contributed by atoms with Gasteiger partial charge in [-0.05, 0) is 55.1 Å². The van der Waals surface area contributed by atoms with E-state index in [9.17, 15) is 23.2 Å². The second-order valence-corrected chi connectivity index (χ2v) is 8.60. The zero-order chi connectivity index (χ0) is 22.1. The van der Waals surface area contributed by atoms with Crippen molar-refractivity contribution in [3.05, 3.63) is 58.2 Å². The highest BCUT2D eigenvalue weighted by Gasteiger charge is 2.30. The molecule has 0 spiro atoms. The van der Waals surface area contributed by atoms with Crippen LogP contribution in [0, 0.1) is 11.3 Å². The van der Waals surface area contributed by atoms with Gasteiger partial charge in [0.25, 0.3) is 5.91 Å². The molecule has 0 saturated heterocycles. The van der Waals surface area contributed by atoms with E-state index in [0.29, 0.717) is 20.9 Å². The summed E-state index contributed by atoms with van der Waals surface area (Å²) >= 11 is 11.9. The Morgan fingerprint density at radius 1 is 1.27 bits per heavy atom. The van der Waals surface area contributed by atoms with Crippen LogP contribution in [0.4, 0.5) is 13.2 Å². The standard InChI is InChI=1S/C19H13Cl2F3N4OS/c1-18(9-25,10-28-8-14-15(21)6-12(20)7-16(14)27-28)26-17(29)11-2-4-13(5-3-11)30-19(22,23)24/h2-8H,10H2,1H3,(H,26,29). The number of rotatable bonds is 5. The van der Waals surface area contributed by atoms with Crippen LogP contribution in [-0.2, 0) is 6.54 Å². The molecule has 3 rings (SSSR count). The Morgan fingerprint density at radius 2 is 1.93 bits per heavy atom. The van der Waals surface area contributed by atoms with Gasteiger partial charge in [0.2, 0.25) is 0 Å². The van der Waals surface area contributed by atoms with Crippen molar-refractivity contribution < 1.29 is 18.0 Å². The second-order valence-electron chi connectivity index (χ2n) is 6.62. The summed E-state index contributed by atoms with van der Waals surface area (Å²) in [5, 5.41) is 18.0. The van der Waals surface area contributed by atoms with Crippen LogP contribution in [0.2, 0.25) is 10.0 Å². The van der Waals surface area contributed by atoms with Gasteiger partial charge in [0.1, 0.15) is 5.54 Å². The predicted octanol–water partition coefficient (Wildman–Crippen LogP) is 5.67. The van der Waals surface area contributed by atoms with E-state index >= 15 is 0 Å². The third-order valence-corrected chi connectivity index (χ3v) is 5.32. The number of nitriles is 1. The number of thioether (sulfide) groups is 1. The quantitative estimate of drug-likeness (QED) is 0.485. The van der Waals surface area contributed by atoms with Crippen molar-refractivity contribution in [1.82, 2.24) is 15.1 Å². The van der Waals surface area contributed by atoms with Crippen molar-refractivity contribution in [3.8, 4) is 6.07 Å². The number of halogens is 5. The smallest absolute Gasteiger partial charge is 0.332 e. The molecule has 0 radical (unpaired) electrons. The number of aromatic nitrogens is 2. The first-order valence-corrected chi connectivity index (χ1v) is 9.97. The molecule has 0 aliphatic carbocycles. The maximum absolute atomic E-state index is 12.5. The van der Waals surface area contributed by atoms with Crippen molar-refractivity contribution in [3.63, 3.8) is 0 Å². The molecule has 2 aromatic carbocycles. The Bertz CT molecular complexity index is 1140. The van der Waals surface area contributed by atoms with E-state index in [2.05, 4.69) is 10.4 Å². The number of hydrogen-bond donors (Lipinski definition) is 1. The number of benzene rings is 2. The molecule has 0 bridgehead atoms. The normalized spacial score (nSPS) is 13.6. The number of hydrogen-bond acceptors (Lipinski definition) is 4. The fourth-order valence-corrected chi connectivity index (χ4v) is 3.81. The molecule has 1 heterocycles. The summed E-state index contributed by atoms with van der Waals surface area (Å²) < 4.78 is 38.7. The largest absolute Gasteiger partial charge is 0.446 e. The van der Waals surface area contributed by atoms with Crippen molar-refractivity contribution in [2.45, 2.75) is 29.4 Å². The minimum atomic E-state index is -4.41. The average molecular weight is 473 g/mol. The van der Waals surface area contributed by atoms with Gasteiger partial charge in [-0.1, -0.05) is 23.2 Å². The van der Waals surface area contributed by atoms with Gasteiger partial charge in [0.05, 0.1) is 23.2 Å². The summed E-state index contributed by atoms with van der Waals surface area (Å²) in [5.41, 5.74) is -5.08. The molecule has 0 saturated carbocycles. The Balaban J connectivity index is 1.76. The van der Waals surface area contributed by atoms with Gasteiger partial charge in [0, 0.05) is 27.1 Å². The Kier molecular flexibility index (Phi) is 6.22. The topological polar surface area (TPSA) is 70.7 Å². The van der Waals surface area contributed by atoms with E-state index in [1.165, 1.54) is 35.9 Å². The predicted molar refractivity (Wildman–Crippen MR) is 110 cm³/mol.